The summed E-state index contributed by atoms with van der Waals surface area (Å²) in [6, 6.07) is -4.85. The van der Waals surface area contributed by atoms with E-state index in [0.717, 1.165) is 0 Å². The molecule has 0 saturated heterocycles. The molecule has 4 unspecified atom stereocenters. The Morgan fingerprint density at radius 1 is 0.706 bits per heavy atom. The van der Waals surface area contributed by atoms with Crippen LogP contribution in [-0.2, 0) is 28.8 Å². The molecular formula is C21H38N6O7. The maximum absolute atomic E-state index is 13.0. The van der Waals surface area contributed by atoms with Crippen molar-refractivity contribution in [2.24, 2.45) is 29.0 Å². The predicted octanol–water partition coefficient (Wildman–Crippen LogP) is -1.91. The minimum atomic E-state index is -1.63. The van der Waals surface area contributed by atoms with Crippen LogP contribution in [-0.4, -0.2) is 64.8 Å². The van der Waals surface area contributed by atoms with E-state index in [-0.39, 0.29) is 31.1 Å². The lowest BCUT2D eigenvalue weighted by molar-refractivity contribution is -0.144. The van der Waals surface area contributed by atoms with E-state index >= 15 is 0 Å². The van der Waals surface area contributed by atoms with Crippen LogP contribution in [0.2, 0.25) is 0 Å². The predicted molar refractivity (Wildman–Crippen MR) is 123 cm³/mol. The van der Waals surface area contributed by atoms with Crippen LogP contribution < -0.4 is 33.2 Å². The summed E-state index contributed by atoms with van der Waals surface area (Å²) in [6.45, 7) is 7.46. The number of carboxylic acids is 1. The zero-order valence-electron chi connectivity index (χ0n) is 20.1. The molecule has 0 saturated carbocycles. The monoisotopic (exact) mass is 486 g/mol. The molecule has 10 N–H and O–H groups in total. The normalized spacial score (nSPS) is 14.6. The van der Waals surface area contributed by atoms with Gasteiger partial charge in [-0.25, -0.2) is 4.79 Å². The van der Waals surface area contributed by atoms with Gasteiger partial charge in [0.05, 0.1) is 12.5 Å². The SMILES string of the molecule is CC(C)CC(N)C(=O)NC(CC(C)C)C(=O)NC(CCC(N)=O)C(=O)NC(CC(N)=O)C(=O)O. The Kier molecular flexibility index (Phi) is 13.4. The zero-order valence-corrected chi connectivity index (χ0v) is 20.1. The molecule has 0 aromatic heterocycles. The second-order valence-corrected chi connectivity index (χ2v) is 9.06. The van der Waals surface area contributed by atoms with E-state index in [1.165, 1.54) is 0 Å². The van der Waals surface area contributed by atoms with Gasteiger partial charge >= 0.3 is 5.97 Å². The van der Waals surface area contributed by atoms with Crippen LogP contribution in [0.3, 0.4) is 0 Å². The minimum Gasteiger partial charge on any atom is -0.480 e. The molecule has 13 heteroatoms. The first-order chi connectivity index (χ1) is 15.6. The van der Waals surface area contributed by atoms with Gasteiger partial charge in [0, 0.05) is 6.42 Å². The number of carbonyl (C=O) groups excluding carboxylic acids is 5. The highest BCUT2D eigenvalue weighted by atomic mass is 16.4. The number of amides is 5. The largest absolute Gasteiger partial charge is 0.480 e. The molecule has 0 radical (unpaired) electrons. The van der Waals surface area contributed by atoms with Gasteiger partial charge in [-0.1, -0.05) is 27.7 Å². The molecule has 34 heavy (non-hydrogen) atoms. The van der Waals surface area contributed by atoms with Crippen LogP contribution in [0.15, 0.2) is 0 Å². The highest BCUT2D eigenvalue weighted by molar-refractivity contribution is 5.95. The second-order valence-electron chi connectivity index (χ2n) is 9.06. The van der Waals surface area contributed by atoms with Gasteiger partial charge in [0.1, 0.15) is 18.1 Å². The summed E-state index contributed by atoms with van der Waals surface area (Å²) in [5, 5.41) is 16.4. The summed E-state index contributed by atoms with van der Waals surface area (Å²) >= 11 is 0. The molecule has 0 aromatic carbocycles. The van der Waals surface area contributed by atoms with Crippen molar-refractivity contribution in [3.05, 3.63) is 0 Å². The number of carboxylic acid groups (broad SMARTS) is 1. The van der Waals surface area contributed by atoms with Gasteiger partial charge in [-0.05, 0) is 31.1 Å². The van der Waals surface area contributed by atoms with E-state index in [1.807, 2.05) is 27.7 Å². The van der Waals surface area contributed by atoms with Crippen LogP contribution in [0.25, 0.3) is 0 Å². The van der Waals surface area contributed by atoms with Crippen LogP contribution >= 0.6 is 0 Å². The van der Waals surface area contributed by atoms with Gasteiger partial charge in [-0.15, -0.1) is 0 Å². The van der Waals surface area contributed by atoms with Gasteiger partial charge < -0.3 is 38.3 Å². The number of hydrogen-bond acceptors (Lipinski definition) is 7. The van der Waals surface area contributed by atoms with Crippen molar-refractivity contribution in [1.82, 2.24) is 16.0 Å². The number of hydrogen-bond donors (Lipinski definition) is 7. The van der Waals surface area contributed by atoms with E-state index in [4.69, 9.17) is 17.2 Å². The Bertz CT molecular complexity index is 756. The van der Waals surface area contributed by atoms with Crippen molar-refractivity contribution in [3.8, 4) is 0 Å². The first-order valence-corrected chi connectivity index (χ1v) is 11.1. The third kappa shape index (κ3) is 12.7. The Labute approximate surface area is 198 Å². The van der Waals surface area contributed by atoms with E-state index in [9.17, 15) is 33.9 Å². The van der Waals surface area contributed by atoms with E-state index in [1.54, 1.807) is 0 Å². The fourth-order valence-electron chi connectivity index (χ4n) is 3.10. The van der Waals surface area contributed by atoms with Crippen molar-refractivity contribution in [1.29, 1.82) is 0 Å². The topological polar surface area (TPSA) is 237 Å². The van der Waals surface area contributed by atoms with Crippen molar-refractivity contribution >= 4 is 35.5 Å². The van der Waals surface area contributed by atoms with E-state index in [0.29, 0.717) is 6.42 Å². The number of carbonyl (C=O) groups is 6. The molecule has 5 amide bonds. The van der Waals surface area contributed by atoms with Crippen molar-refractivity contribution < 1.29 is 33.9 Å². The summed E-state index contributed by atoms with van der Waals surface area (Å²) in [5.74, 6) is -5.26. The third-order valence-electron chi connectivity index (χ3n) is 4.73. The van der Waals surface area contributed by atoms with Gasteiger partial charge in [-0.2, -0.15) is 0 Å². The highest BCUT2D eigenvalue weighted by Crippen LogP contribution is 2.09. The van der Waals surface area contributed by atoms with Crippen LogP contribution in [0.1, 0.15) is 59.8 Å². The third-order valence-corrected chi connectivity index (χ3v) is 4.73. The Hall–Kier alpha value is -3.22. The molecule has 0 rings (SSSR count). The number of primary amides is 2. The van der Waals surface area contributed by atoms with Crippen LogP contribution in [0, 0.1) is 11.8 Å². The molecule has 13 nitrogen and oxygen atoms in total. The first-order valence-electron chi connectivity index (χ1n) is 11.1. The lowest BCUT2D eigenvalue weighted by Crippen LogP contribution is -2.57. The summed E-state index contributed by atoms with van der Waals surface area (Å²) in [6.07, 6.45) is -0.549. The van der Waals surface area contributed by atoms with Crippen molar-refractivity contribution in [2.45, 2.75) is 84.0 Å². The second kappa shape index (κ2) is 14.8. The molecule has 0 aliphatic rings. The molecule has 0 aliphatic heterocycles. The fourth-order valence-corrected chi connectivity index (χ4v) is 3.10. The molecule has 4 atom stereocenters. The first kappa shape index (κ1) is 30.8. The fraction of sp³-hybridized carbons (Fsp3) is 0.714. The Balaban J connectivity index is 5.59. The quantitative estimate of drug-likeness (QED) is 0.129. The number of nitrogens with two attached hydrogens (primary N) is 3. The van der Waals surface area contributed by atoms with Gasteiger partial charge in [0.25, 0.3) is 0 Å². The number of aliphatic carboxylic acids is 1. The molecule has 194 valence electrons. The average Bonchev–Trinajstić information content (AvgIpc) is 2.68. The van der Waals surface area contributed by atoms with Crippen LogP contribution in [0.4, 0.5) is 0 Å². The van der Waals surface area contributed by atoms with Gasteiger partial charge in [-0.3, -0.25) is 24.0 Å². The Morgan fingerprint density at radius 2 is 1.18 bits per heavy atom. The summed E-state index contributed by atoms with van der Waals surface area (Å²) in [4.78, 5) is 71.8. The van der Waals surface area contributed by atoms with E-state index < -0.39 is 66.1 Å². The van der Waals surface area contributed by atoms with Gasteiger partial charge in [0.2, 0.25) is 29.5 Å². The minimum absolute atomic E-state index is 0.0118. The Morgan fingerprint density at radius 3 is 1.62 bits per heavy atom. The maximum atomic E-state index is 13.0. The highest BCUT2D eigenvalue weighted by Gasteiger charge is 2.31. The molecule has 0 fully saturated rings. The molecule has 0 spiro atoms. The number of rotatable bonds is 16. The summed E-state index contributed by atoms with van der Waals surface area (Å²) < 4.78 is 0. The lowest BCUT2D eigenvalue weighted by Gasteiger charge is -2.26. The standard InChI is InChI=1S/C21H38N6O7/c1-10(2)7-12(22)18(30)26-14(8-11(3)4)20(32)25-13(5-6-16(23)28)19(31)27-15(21(33)34)9-17(24)29/h10-15H,5-9,22H2,1-4H3,(H2,23,28)(H2,24,29)(H,25,32)(H,26,30)(H,27,31)(H,33,34). The molecule has 0 aromatic rings. The summed E-state index contributed by atoms with van der Waals surface area (Å²) in [7, 11) is 0. The van der Waals surface area contributed by atoms with E-state index in [2.05, 4.69) is 16.0 Å². The zero-order chi connectivity index (χ0) is 26.6. The molecule has 0 aliphatic carbocycles. The van der Waals surface area contributed by atoms with Crippen molar-refractivity contribution in [3.63, 3.8) is 0 Å². The smallest absolute Gasteiger partial charge is 0.326 e. The number of nitrogens with one attached hydrogen (secondary N) is 3. The van der Waals surface area contributed by atoms with Crippen LogP contribution in [0.5, 0.6) is 0 Å². The van der Waals surface area contributed by atoms with Gasteiger partial charge in [0.15, 0.2) is 0 Å². The molecule has 0 bridgehead atoms. The lowest BCUT2D eigenvalue weighted by atomic mass is 10.00. The van der Waals surface area contributed by atoms with Crippen molar-refractivity contribution in [2.75, 3.05) is 0 Å². The average molecular weight is 487 g/mol. The maximum Gasteiger partial charge on any atom is 0.326 e. The molecular weight excluding hydrogens is 448 g/mol. The molecule has 0 heterocycles. The summed E-state index contributed by atoms with van der Waals surface area (Å²) in [5.41, 5.74) is 16.1.